The first-order chi connectivity index (χ1) is 13.8. The van der Waals surface area contributed by atoms with Crippen LogP contribution in [0.25, 0.3) is 22.4 Å². The van der Waals surface area contributed by atoms with Crippen molar-refractivity contribution in [2.45, 2.75) is 0 Å². The first-order valence-electron chi connectivity index (χ1n) is 8.89. The SMILES string of the molecule is O=C(N/N=C\c1cn[nH]c1-c1ccccc1)c1ccc(-c2ccccc2)cc1. The lowest BCUT2D eigenvalue weighted by molar-refractivity contribution is 0.0955. The van der Waals surface area contributed by atoms with Crippen molar-refractivity contribution in [2.75, 3.05) is 0 Å². The zero-order valence-electron chi connectivity index (χ0n) is 15.0. The van der Waals surface area contributed by atoms with Gasteiger partial charge < -0.3 is 0 Å². The minimum absolute atomic E-state index is 0.263. The lowest BCUT2D eigenvalue weighted by atomic mass is 10.0. The smallest absolute Gasteiger partial charge is 0.271 e. The summed E-state index contributed by atoms with van der Waals surface area (Å²) >= 11 is 0. The van der Waals surface area contributed by atoms with Crippen molar-refractivity contribution >= 4 is 12.1 Å². The maximum Gasteiger partial charge on any atom is 0.271 e. The van der Waals surface area contributed by atoms with E-state index in [4.69, 9.17) is 0 Å². The third-order valence-electron chi connectivity index (χ3n) is 4.36. The van der Waals surface area contributed by atoms with Crippen molar-refractivity contribution in [1.29, 1.82) is 0 Å². The predicted octanol–water partition coefficient (Wildman–Crippen LogP) is 4.51. The molecular formula is C23H18N4O. The van der Waals surface area contributed by atoms with Crippen molar-refractivity contribution < 1.29 is 4.79 Å². The van der Waals surface area contributed by atoms with Crippen LogP contribution < -0.4 is 5.43 Å². The van der Waals surface area contributed by atoms with Crippen molar-refractivity contribution in [3.05, 3.63) is 102 Å². The number of amides is 1. The number of hydrogen-bond acceptors (Lipinski definition) is 3. The molecule has 0 atom stereocenters. The van der Waals surface area contributed by atoms with Gasteiger partial charge in [0.05, 0.1) is 18.1 Å². The number of nitrogens with one attached hydrogen (secondary N) is 2. The number of rotatable bonds is 5. The van der Waals surface area contributed by atoms with Gasteiger partial charge in [0.25, 0.3) is 5.91 Å². The first kappa shape index (κ1) is 17.4. The Bertz CT molecular complexity index is 1080. The van der Waals surface area contributed by atoms with E-state index < -0.39 is 0 Å². The molecule has 1 amide bonds. The molecule has 5 heteroatoms. The lowest BCUT2D eigenvalue weighted by Crippen LogP contribution is -2.17. The fraction of sp³-hybridized carbons (Fsp3) is 0. The molecule has 28 heavy (non-hydrogen) atoms. The number of H-pyrrole nitrogens is 1. The van der Waals surface area contributed by atoms with Gasteiger partial charge in [0.2, 0.25) is 0 Å². The molecule has 2 N–H and O–H groups in total. The van der Waals surface area contributed by atoms with Crippen LogP contribution in [0, 0.1) is 0 Å². The molecule has 0 fully saturated rings. The molecule has 3 aromatic carbocycles. The Morgan fingerprint density at radius 2 is 1.43 bits per heavy atom. The zero-order chi connectivity index (χ0) is 19.2. The number of nitrogens with zero attached hydrogens (tertiary/aromatic N) is 2. The highest BCUT2D eigenvalue weighted by Gasteiger charge is 2.07. The van der Waals surface area contributed by atoms with E-state index in [-0.39, 0.29) is 5.91 Å². The van der Waals surface area contributed by atoms with E-state index in [1.54, 1.807) is 24.5 Å². The maximum absolute atomic E-state index is 12.3. The fourth-order valence-corrected chi connectivity index (χ4v) is 2.90. The van der Waals surface area contributed by atoms with Crippen LogP contribution in [0.3, 0.4) is 0 Å². The topological polar surface area (TPSA) is 70.1 Å². The summed E-state index contributed by atoms with van der Waals surface area (Å²) in [6, 6.07) is 27.3. The number of hydrazone groups is 1. The van der Waals surface area contributed by atoms with Crippen LogP contribution in [0.15, 0.2) is 96.2 Å². The molecule has 1 heterocycles. The number of aromatic nitrogens is 2. The summed E-state index contributed by atoms with van der Waals surface area (Å²) in [4.78, 5) is 12.3. The highest BCUT2D eigenvalue weighted by molar-refractivity contribution is 5.96. The molecule has 0 saturated carbocycles. The quantitative estimate of drug-likeness (QED) is 0.403. The third kappa shape index (κ3) is 3.88. The highest BCUT2D eigenvalue weighted by Crippen LogP contribution is 2.20. The van der Waals surface area contributed by atoms with Gasteiger partial charge in [-0.25, -0.2) is 5.43 Å². The molecule has 4 aromatic rings. The molecule has 0 aliphatic rings. The summed E-state index contributed by atoms with van der Waals surface area (Å²) in [5, 5.41) is 11.1. The van der Waals surface area contributed by atoms with Crippen LogP contribution in [0.4, 0.5) is 0 Å². The second-order valence-corrected chi connectivity index (χ2v) is 6.21. The van der Waals surface area contributed by atoms with Crippen LogP contribution in [-0.4, -0.2) is 22.3 Å². The normalized spacial score (nSPS) is 10.9. The predicted molar refractivity (Wildman–Crippen MR) is 111 cm³/mol. The summed E-state index contributed by atoms with van der Waals surface area (Å²) in [6.45, 7) is 0. The van der Waals surface area contributed by atoms with Gasteiger partial charge in [0, 0.05) is 16.7 Å². The van der Waals surface area contributed by atoms with Gasteiger partial charge in [-0.3, -0.25) is 9.89 Å². The molecule has 0 spiro atoms. The zero-order valence-corrected chi connectivity index (χ0v) is 15.0. The number of carbonyl (C=O) groups excluding carboxylic acids is 1. The number of benzene rings is 3. The molecule has 0 unspecified atom stereocenters. The largest absolute Gasteiger partial charge is 0.277 e. The van der Waals surface area contributed by atoms with Crippen LogP contribution in [0.1, 0.15) is 15.9 Å². The van der Waals surface area contributed by atoms with E-state index >= 15 is 0 Å². The molecule has 0 bridgehead atoms. The standard InChI is InChI=1S/C23H18N4O/c28-23(20-13-11-18(12-14-20)17-7-3-1-4-8-17)27-25-16-21-15-24-26-22(21)19-9-5-2-6-10-19/h1-16H,(H,24,26)(H,27,28)/b25-16-. The summed E-state index contributed by atoms with van der Waals surface area (Å²) in [6.07, 6.45) is 3.26. The van der Waals surface area contributed by atoms with Gasteiger partial charge in [-0.1, -0.05) is 72.8 Å². The second kappa shape index (κ2) is 8.14. The Balaban J connectivity index is 1.43. The van der Waals surface area contributed by atoms with Crippen molar-refractivity contribution in [3.8, 4) is 22.4 Å². The Hall–Kier alpha value is -3.99. The van der Waals surface area contributed by atoms with E-state index in [1.807, 2.05) is 72.8 Å². The fourth-order valence-electron chi connectivity index (χ4n) is 2.90. The summed E-state index contributed by atoms with van der Waals surface area (Å²) in [7, 11) is 0. The van der Waals surface area contributed by atoms with Crippen molar-refractivity contribution in [2.24, 2.45) is 5.10 Å². The Morgan fingerprint density at radius 1 is 0.821 bits per heavy atom. The van der Waals surface area contributed by atoms with Crippen molar-refractivity contribution in [3.63, 3.8) is 0 Å². The monoisotopic (exact) mass is 366 g/mol. The molecule has 0 radical (unpaired) electrons. The molecule has 0 aliphatic heterocycles. The summed E-state index contributed by atoms with van der Waals surface area (Å²) in [5.74, 6) is -0.263. The minimum atomic E-state index is -0.263. The van der Waals surface area contributed by atoms with Crippen LogP contribution >= 0.6 is 0 Å². The van der Waals surface area contributed by atoms with Crippen LogP contribution in [0.5, 0.6) is 0 Å². The number of carbonyl (C=O) groups is 1. The van der Waals surface area contributed by atoms with E-state index in [9.17, 15) is 4.79 Å². The molecule has 0 saturated heterocycles. The van der Waals surface area contributed by atoms with E-state index in [0.29, 0.717) is 5.56 Å². The van der Waals surface area contributed by atoms with Gasteiger partial charge in [-0.2, -0.15) is 10.2 Å². The number of hydrogen-bond donors (Lipinski definition) is 2. The Morgan fingerprint density at radius 3 is 2.11 bits per heavy atom. The van der Waals surface area contributed by atoms with E-state index in [0.717, 1.165) is 27.9 Å². The van der Waals surface area contributed by atoms with Crippen LogP contribution in [0.2, 0.25) is 0 Å². The first-order valence-corrected chi connectivity index (χ1v) is 8.89. The Labute approximate surface area is 162 Å². The molecule has 4 rings (SSSR count). The van der Waals surface area contributed by atoms with Gasteiger partial charge in [0.1, 0.15) is 0 Å². The van der Waals surface area contributed by atoms with E-state index in [1.165, 1.54) is 0 Å². The lowest BCUT2D eigenvalue weighted by Gasteiger charge is -2.04. The summed E-state index contributed by atoms with van der Waals surface area (Å²) < 4.78 is 0. The molecule has 5 nitrogen and oxygen atoms in total. The molecule has 136 valence electrons. The van der Waals surface area contributed by atoms with Gasteiger partial charge in [-0.05, 0) is 23.3 Å². The summed E-state index contributed by atoms with van der Waals surface area (Å²) in [5.41, 5.74) is 7.94. The molecule has 1 aromatic heterocycles. The minimum Gasteiger partial charge on any atom is -0.277 e. The van der Waals surface area contributed by atoms with Crippen molar-refractivity contribution in [1.82, 2.24) is 15.6 Å². The van der Waals surface area contributed by atoms with Gasteiger partial charge in [-0.15, -0.1) is 0 Å². The number of aromatic amines is 1. The van der Waals surface area contributed by atoms with E-state index in [2.05, 4.69) is 20.7 Å². The highest BCUT2D eigenvalue weighted by atomic mass is 16.2. The average Bonchev–Trinajstić information content (AvgIpc) is 3.23. The van der Waals surface area contributed by atoms with Gasteiger partial charge >= 0.3 is 0 Å². The van der Waals surface area contributed by atoms with Gasteiger partial charge in [0.15, 0.2) is 0 Å². The average molecular weight is 366 g/mol. The third-order valence-corrected chi connectivity index (χ3v) is 4.36. The second-order valence-electron chi connectivity index (χ2n) is 6.21. The molecule has 0 aliphatic carbocycles. The maximum atomic E-state index is 12.3. The Kier molecular flexibility index (Phi) is 5.06. The van der Waals surface area contributed by atoms with Crippen LogP contribution in [-0.2, 0) is 0 Å². The molecular weight excluding hydrogens is 348 g/mol.